The van der Waals surface area contributed by atoms with Crippen molar-refractivity contribution in [1.29, 1.82) is 0 Å². The molecule has 1 aromatic heterocycles. The zero-order valence-electron chi connectivity index (χ0n) is 10.8. The highest BCUT2D eigenvalue weighted by molar-refractivity contribution is 5.91. The molecule has 1 heterocycles. The van der Waals surface area contributed by atoms with Gasteiger partial charge in [-0.3, -0.25) is 14.9 Å². The van der Waals surface area contributed by atoms with Crippen LogP contribution in [0.15, 0.2) is 12.3 Å². The maximum absolute atomic E-state index is 11.6. The largest absolute Gasteiger partial charge is 0.504 e. The number of rotatable bonds is 7. The number of carbonyl (C=O) groups is 1. The standard InChI is InChI=1S/C12H17N3O4/c1-2-3-4-5-6-11(17)14-12-10(16)7-9(8-13-12)15(18)19/h7-8,16H,2-6H2,1H3,(H,13,14,17). The fraction of sp³-hybridized carbons (Fsp3) is 0.500. The zero-order chi connectivity index (χ0) is 14.3. The molecule has 19 heavy (non-hydrogen) atoms. The van der Waals surface area contributed by atoms with Crippen molar-refractivity contribution < 1.29 is 14.8 Å². The summed E-state index contributed by atoms with van der Waals surface area (Å²) in [4.78, 5) is 25.0. The van der Waals surface area contributed by atoms with E-state index in [1.165, 1.54) is 0 Å². The molecule has 104 valence electrons. The van der Waals surface area contributed by atoms with Crippen LogP contribution in [-0.4, -0.2) is 20.9 Å². The van der Waals surface area contributed by atoms with E-state index in [0.29, 0.717) is 6.42 Å². The average Bonchev–Trinajstić information content (AvgIpc) is 2.37. The first-order valence-electron chi connectivity index (χ1n) is 6.17. The van der Waals surface area contributed by atoms with Gasteiger partial charge < -0.3 is 10.4 Å². The third-order valence-corrected chi connectivity index (χ3v) is 2.58. The molecule has 0 saturated heterocycles. The number of aromatic hydroxyl groups is 1. The van der Waals surface area contributed by atoms with Crippen molar-refractivity contribution >= 4 is 17.4 Å². The lowest BCUT2D eigenvalue weighted by molar-refractivity contribution is -0.385. The molecule has 7 nitrogen and oxygen atoms in total. The number of anilines is 1. The number of hydrogen-bond acceptors (Lipinski definition) is 5. The Hall–Kier alpha value is -2.18. The Morgan fingerprint density at radius 1 is 1.47 bits per heavy atom. The third kappa shape index (κ3) is 4.90. The van der Waals surface area contributed by atoms with Gasteiger partial charge in [-0.1, -0.05) is 26.2 Å². The molecule has 7 heteroatoms. The summed E-state index contributed by atoms with van der Waals surface area (Å²) in [5.74, 6) is -0.713. The second kappa shape index (κ2) is 7.30. The molecule has 0 aliphatic rings. The quantitative estimate of drug-likeness (QED) is 0.448. The Morgan fingerprint density at radius 2 is 2.21 bits per heavy atom. The number of unbranched alkanes of at least 4 members (excludes halogenated alkanes) is 3. The van der Waals surface area contributed by atoms with Crippen LogP contribution in [0.25, 0.3) is 0 Å². The fourth-order valence-corrected chi connectivity index (χ4v) is 1.55. The summed E-state index contributed by atoms with van der Waals surface area (Å²) >= 11 is 0. The maximum Gasteiger partial charge on any atom is 0.291 e. The second-order valence-corrected chi connectivity index (χ2v) is 4.18. The first-order chi connectivity index (χ1) is 9.04. The first kappa shape index (κ1) is 14.9. The smallest absolute Gasteiger partial charge is 0.291 e. The summed E-state index contributed by atoms with van der Waals surface area (Å²) in [5.41, 5.74) is -0.321. The highest BCUT2D eigenvalue weighted by Crippen LogP contribution is 2.25. The minimum absolute atomic E-state index is 0.0499. The van der Waals surface area contributed by atoms with Crippen LogP contribution < -0.4 is 5.32 Å². The second-order valence-electron chi connectivity index (χ2n) is 4.18. The number of amides is 1. The van der Waals surface area contributed by atoms with Crippen LogP contribution in [0.1, 0.15) is 39.0 Å². The van der Waals surface area contributed by atoms with E-state index in [0.717, 1.165) is 37.9 Å². The van der Waals surface area contributed by atoms with Crippen LogP contribution in [0, 0.1) is 10.1 Å². The van der Waals surface area contributed by atoms with Crippen LogP contribution in [0.3, 0.4) is 0 Å². The summed E-state index contributed by atoms with van der Waals surface area (Å²) < 4.78 is 0. The van der Waals surface area contributed by atoms with Crippen molar-refractivity contribution in [3.63, 3.8) is 0 Å². The van der Waals surface area contributed by atoms with Gasteiger partial charge in [-0.2, -0.15) is 0 Å². The highest BCUT2D eigenvalue weighted by atomic mass is 16.6. The van der Waals surface area contributed by atoms with Gasteiger partial charge in [-0.15, -0.1) is 0 Å². The van der Waals surface area contributed by atoms with E-state index in [1.807, 2.05) is 0 Å². The van der Waals surface area contributed by atoms with Gasteiger partial charge in [0.2, 0.25) is 5.91 Å². The SMILES string of the molecule is CCCCCCC(=O)Nc1ncc([N+](=O)[O-])cc1O. The molecule has 2 N–H and O–H groups in total. The van der Waals surface area contributed by atoms with Gasteiger partial charge in [0.25, 0.3) is 5.69 Å². The summed E-state index contributed by atoms with van der Waals surface area (Å²) in [6.45, 7) is 2.08. The predicted molar refractivity (Wildman–Crippen MR) is 69.9 cm³/mol. The third-order valence-electron chi connectivity index (χ3n) is 2.58. The Bertz CT molecular complexity index is 462. The molecular weight excluding hydrogens is 250 g/mol. The van der Waals surface area contributed by atoms with Gasteiger partial charge in [-0.05, 0) is 6.42 Å². The van der Waals surface area contributed by atoms with Gasteiger partial charge >= 0.3 is 0 Å². The Balaban J connectivity index is 2.52. The number of hydrogen-bond donors (Lipinski definition) is 2. The maximum atomic E-state index is 11.6. The molecule has 0 fully saturated rings. The monoisotopic (exact) mass is 267 g/mol. The topological polar surface area (TPSA) is 105 Å². The lowest BCUT2D eigenvalue weighted by Gasteiger charge is -2.05. The number of pyridine rings is 1. The number of nitrogens with one attached hydrogen (secondary N) is 1. The molecular formula is C12H17N3O4. The summed E-state index contributed by atoms with van der Waals surface area (Å²) in [6.07, 6.45) is 5.25. The van der Waals surface area contributed by atoms with Gasteiger partial charge in [0.15, 0.2) is 11.6 Å². The van der Waals surface area contributed by atoms with E-state index in [2.05, 4.69) is 17.2 Å². The van der Waals surface area contributed by atoms with Crippen molar-refractivity contribution in [1.82, 2.24) is 4.98 Å². The predicted octanol–water partition coefficient (Wildman–Crippen LogP) is 2.60. The van der Waals surface area contributed by atoms with E-state index in [-0.39, 0.29) is 17.4 Å². The summed E-state index contributed by atoms with van der Waals surface area (Å²) in [5, 5.41) is 22.4. The molecule has 0 spiro atoms. The van der Waals surface area contributed by atoms with Crippen molar-refractivity contribution in [2.24, 2.45) is 0 Å². The minimum atomic E-state index is -0.664. The first-order valence-corrected chi connectivity index (χ1v) is 6.17. The van der Waals surface area contributed by atoms with Crippen LogP contribution >= 0.6 is 0 Å². The summed E-state index contributed by atoms with van der Waals surface area (Å²) in [7, 11) is 0. The lowest BCUT2D eigenvalue weighted by Crippen LogP contribution is -2.12. The molecule has 1 aromatic rings. The van der Waals surface area contributed by atoms with Crippen molar-refractivity contribution in [3.05, 3.63) is 22.4 Å². The molecule has 1 rings (SSSR count). The van der Waals surface area contributed by atoms with E-state index in [9.17, 15) is 20.0 Å². The zero-order valence-corrected chi connectivity index (χ0v) is 10.8. The van der Waals surface area contributed by atoms with Gasteiger partial charge in [0.1, 0.15) is 6.20 Å². The van der Waals surface area contributed by atoms with Crippen molar-refractivity contribution in [2.45, 2.75) is 39.0 Å². The van der Waals surface area contributed by atoms with Gasteiger partial charge in [0.05, 0.1) is 11.0 Å². The molecule has 0 atom stereocenters. The van der Waals surface area contributed by atoms with Crippen LogP contribution in [-0.2, 0) is 4.79 Å². The molecule has 0 bridgehead atoms. The molecule has 0 aliphatic carbocycles. The van der Waals surface area contributed by atoms with Gasteiger partial charge in [0, 0.05) is 6.42 Å². The van der Waals surface area contributed by atoms with E-state index >= 15 is 0 Å². The van der Waals surface area contributed by atoms with E-state index in [4.69, 9.17) is 0 Å². The van der Waals surface area contributed by atoms with Crippen LogP contribution in [0.5, 0.6) is 5.75 Å². The lowest BCUT2D eigenvalue weighted by atomic mass is 10.1. The fourth-order valence-electron chi connectivity index (χ4n) is 1.55. The highest BCUT2D eigenvalue weighted by Gasteiger charge is 2.13. The van der Waals surface area contributed by atoms with E-state index < -0.39 is 10.7 Å². The molecule has 1 amide bonds. The minimum Gasteiger partial charge on any atom is -0.504 e. The van der Waals surface area contributed by atoms with Crippen LogP contribution in [0.2, 0.25) is 0 Å². The average molecular weight is 267 g/mol. The molecule has 0 aromatic carbocycles. The molecule has 0 unspecified atom stereocenters. The Kier molecular flexibility index (Phi) is 5.72. The Labute approximate surface area is 110 Å². The van der Waals surface area contributed by atoms with Crippen LogP contribution in [0.4, 0.5) is 11.5 Å². The number of nitrogens with zero attached hydrogens (tertiary/aromatic N) is 2. The van der Waals surface area contributed by atoms with Gasteiger partial charge in [-0.25, -0.2) is 4.98 Å². The molecule has 0 saturated carbocycles. The summed E-state index contributed by atoms with van der Waals surface area (Å²) in [6, 6.07) is 0.958. The number of nitro groups is 1. The molecule has 0 radical (unpaired) electrons. The van der Waals surface area contributed by atoms with Crippen molar-refractivity contribution in [2.75, 3.05) is 5.32 Å². The Morgan fingerprint density at radius 3 is 2.79 bits per heavy atom. The van der Waals surface area contributed by atoms with E-state index in [1.54, 1.807) is 0 Å². The number of aromatic nitrogens is 1. The normalized spacial score (nSPS) is 10.2. The molecule has 0 aliphatic heterocycles. The van der Waals surface area contributed by atoms with Crippen molar-refractivity contribution in [3.8, 4) is 5.75 Å². The number of carbonyl (C=O) groups excluding carboxylic acids is 1.